The number of hydrogen-bond donors (Lipinski definition) is 0. The highest BCUT2D eigenvalue weighted by Gasteiger charge is 2.09. The molecule has 0 spiro atoms. The van der Waals surface area contributed by atoms with Crippen LogP contribution >= 0.6 is 0 Å². The number of aromatic nitrogens is 2. The van der Waals surface area contributed by atoms with Crippen LogP contribution in [0.25, 0.3) is 22.8 Å². The Morgan fingerprint density at radius 3 is 2.10 bits per heavy atom. The lowest BCUT2D eigenvalue weighted by Gasteiger charge is -2.05. The molecule has 0 fully saturated rings. The molecule has 6 nitrogen and oxygen atoms in total. The van der Waals surface area contributed by atoms with Crippen LogP contribution in [0.1, 0.15) is 5.56 Å². The summed E-state index contributed by atoms with van der Waals surface area (Å²) in [4.78, 5) is 4.07. The van der Waals surface area contributed by atoms with Gasteiger partial charge in [-0.3, -0.25) is 0 Å². The number of nitrogens with zero attached hydrogens (tertiary/aromatic N) is 2. The average molecular weight is 426 g/mol. The number of hydrogen-bond acceptors (Lipinski definition) is 5. The van der Waals surface area contributed by atoms with Gasteiger partial charge in [-0.25, -0.2) is 22.4 Å². The van der Waals surface area contributed by atoms with Crippen LogP contribution < -0.4 is 4.57 Å². The van der Waals surface area contributed by atoms with Gasteiger partial charge < -0.3 is 8.97 Å². The van der Waals surface area contributed by atoms with Crippen molar-refractivity contribution >= 4 is 10.1 Å². The predicted octanol–water partition coefficient (Wildman–Crippen LogP) is 3.87. The maximum atomic E-state index is 12.9. The Kier molecular flexibility index (Phi) is 6.39. The fourth-order valence-electron chi connectivity index (χ4n) is 2.50. The van der Waals surface area contributed by atoms with Crippen molar-refractivity contribution in [2.24, 2.45) is 7.05 Å². The molecule has 0 amide bonds. The Morgan fingerprint density at radius 1 is 0.933 bits per heavy atom. The van der Waals surface area contributed by atoms with Gasteiger partial charge in [0.05, 0.1) is 11.1 Å². The van der Waals surface area contributed by atoms with Gasteiger partial charge in [-0.15, -0.1) is 0 Å². The molecule has 0 saturated carbocycles. The summed E-state index contributed by atoms with van der Waals surface area (Å²) < 4.78 is 51.7. The molecular formula is C22H19FN2O4S. The molecule has 0 N–H and O–H groups in total. The van der Waals surface area contributed by atoms with Crippen LogP contribution in [-0.4, -0.2) is 18.0 Å². The standard InChI is InChI=1S/C15H12FN2O.C7H8O3S/c1-18-8-6-12(7-9-18)15-17-10-14(19-15)11-2-4-13(16)5-3-11;1-6-2-4-7(5-3-6)11(8,9)10/h2-10H,1H3;2-5H,1H3,(H,8,9,10)/q+1;/p-1. The Hall–Kier alpha value is -3.36. The zero-order valence-electron chi connectivity index (χ0n) is 16.3. The van der Waals surface area contributed by atoms with Crippen LogP contribution in [0.4, 0.5) is 4.39 Å². The van der Waals surface area contributed by atoms with Gasteiger partial charge >= 0.3 is 0 Å². The fourth-order valence-corrected chi connectivity index (χ4v) is 2.97. The molecule has 8 heteroatoms. The van der Waals surface area contributed by atoms with E-state index in [9.17, 15) is 17.4 Å². The summed E-state index contributed by atoms with van der Waals surface area (Å²) in [6, 6.07) is 15.8. The van der Waals surface area contributed by atoms with Crippen molar-refractivity contribution in [1.82, 2.24) is 4.98 Å². The van der Waals surface area contributed by atoms with Crippen molar-refractivity contribution in [2.45, 2.75) is 11.8 Å². The largest absolute Gasteiger partial charge is 0.744 e. The summed E-state index contributed by atoms with van der Waals surface area (Å²) in [6.07, 6.45) is 5.50. The highest BCUT2D eigenvalue weighted by molar-refractivity contribution is 7.85. The molecule has 0 unspecified atom stereocenters. The molecule has 0 bridgehead atoms. The number of oxazole rings is 1. The lowest BCUT2D eigenvalue weighted by atomic mass is 10.2. The molecule has 0 saturated heterocycles. The van der Waals surface area contributed by atoms with E-state index < -0.39 is 10.1 Å². The first-order chi connectivity index (χ1) is 14.2. The van der Waals surface area contributed by atoms with E-state index in [0.29, 0.717) is 11.7 Å². The molecule has 2 aromatic heterocycles. The normalized spacial score (nSPS) is 10.9. The molecule has 2 heterocycles. The number of halogens is 1. The van der Waals surface area contributed by atoms with E-state index in [1.54, 1.807) is 30.5 Å². The van der Waals surface area contributed by atoms with E-state index in [1.165, 1.54) is 24.3 Å². The van der Waals surface area contributed by atoms with Crippen molar-refractivity contribution in [3.63, 3.8) is 0 Å². The van der Waals surface area contributed by atoms with Gasteiger partial charge in [0, 0.05) is 23.3 Å². The van der Waals surface area contributed by atoms with E-state index in [-0.39, 0.29) is 10.7 Å². The summed E-state index contributed by atoms with van der Waals surface area (Å²) in [5, 5.41) is 0. The Morgan fingerprint density at radius 2 is 1.53 bits per heavy atom. The third-order valence-corrected chi connectivity index (χ3v) is 5.02. The molecule has 0 aliphatic heterocycles. The van der Waals surface area contributed by atoms with Crippen LogP contribution in [0.2, 0.25) is 0 Å². The van der Waals surface area contributed by atoms with Crippen molar-refractivity contribution < 1.29 is 26.3 Å². The number of aryl methyl sites for hydroxylation is 2. The second kappa shape index (κ2) is 8.98. The van der Waals surface area contributed by atoms with Gasteiger partial charge in [0.2, 0.25) is 5.89 Å². The van der Waals surface area contributed by atoms with E-state index in [0.717, 1.165) is 16.7 Å². The lowest BCUT2D eigenvalue weighted by molar-refractivity contribution is -0.671. The quantitative estimate of drug-likeness (QED) is 0.367. The van der Waals surface area contributed by atoms with Crippen molar-refractivity contribution in [1.29, 1.82) is 0 Å². The Balaban J connectivity index is 0.000000199. The van der Waals surface area contributed by atoms with Gasteiger partial charge in [0.15, 0.2) is 18.2 Å². The second-order valence-electron chi connectivity index (χ2n) is 6.56. The third-order valence-electron chi connectivity index (χ3n) is 4.17. The molecule has 154 valence electrons. The average Bonchev–Trinajstić information content (AvgIpc) is 3.19. The fraction of sp³-hybridized carbons (Fsp3) is 0.0909. The highest BCUT2D eigenvalue weighted by Crippen LogP contribution is 2.25. The predicted molar refractivity (Wildman–Crippen MR) is 108 cm³/mol. The Labute approximate surface area is 174 Å². The van der Waals surface area contributed by atoms with Crippen LogP contribution in [0.15, 0.2) is 88.6 Å². The molecule has 0 aliphatic carbocycles. The maximum absolute atomic E-state index is 12.9. The summed E-state index contributed by atoms with van der Waals surface area (Å²) in [5.74, 6) is 0.919. The molecule has 0 aliphatic rings. The first-order valence-electron chi connectivity index (χ1n) is 8.92. The van der Waals surface area contributed by atoms with Gasteiger partial charge in [-0.05, 0) is 43.3 Å². The van der Waals surface area contributed by atoms with Gasteiger partial charge in [-0.2, -0.15) is 0 Å². The molecule has 4 rings (SSSR count). The maximum Gasteiger partial charge on any atom is 0.227 e. The molecular weight excluding hydrogens is 407 g/mol. The minimum Gasteiger partial charge on any atom is -0.744 e. The molecule has 2 aromatic carbocycles. The monoisotopic (exact) mass is 426 g/mol. The van der Waals surface area contributed by atoms with Crippen LogP contribution in [0.3, 0.4) is 0 Å². The lowest BCUT2D eigenvalue weighted by Crippen LogP contribution is -2.25. The zero-order chi connectivity index (χ0) is 21.7. The number of rotatable bonds is 3. The summed E-state index contributed by atoms with van der Waals surface area (Å²) in [7, 11) is -2.32. The van der Waals surface area contributed by atoms with Crippen LogP contribution in [0.5, 0.6) is 0 Å². The summed E-state index contributed by atoms with van der Waals surface area (Å²) in [5.41, 5.74) is 2.64. The molecule has 0 radical (unpaired) electrons. The van der Waals surface area contributed by atoms with Crippen molar-refractivity contribution in [2.75, 3.05) is 0 Å². The zero-order valence-corrected chi connectivity index (χ0v) is 17.1. The Bertz CT molecular complexity index is 1160. The minimum atomic E-state index is -4.27. The van der Waals surface area contributed by atoms with Gasteiger partial charge in [0.25, 0.3) is 0 Å². The van der Waals surface area contributed by atoms with E-state index in [2.05, 4.69) is 4.98 Å². The van der Waals surface area contributed by atoms with Crippen molar-refractivity contribution in [3.05, 3.63) is 90.6 Å². The van der Waals surface area contributed by atoms with Gasteiger partial charge in [-0.1, -0.05) is 17.7 Å². The minimum absolute atomic E-state index is 0.178. The first-order valence-corrected chi connectivity index (χ1v) is 10.3. The topological polar surface area (TPSA) is 87.1 Å². The van der Waals surface area contributed by atoms with Crippen LogP contribution in [0, 0.1) is 12.7 Å². The smallest absolute Gasteiger partial charge is 0.227 e. The van der Waals surface area contributed by atoms with E-state index >= 15 is 0 Å². The SMILES string of the molecule is C[n+]1ccc(-c2ncc(-c3ccc(F)cc3)o2)cc1.Cc1ccc(S(=O)(=O)[O-])cc1. The van der Waals surface area contributed by atoms with Crippen LogP contribution in [-0.2, 0) is 17.2 Å². The highest BCUT2D eigenvalue weighted by atomic mass is 32.2. The number of benzene rings is 2. The second-order valence-corrected chi connectivity index (χ2v) is 7.94. The summed E-state index contributed by atoms with van der Waals surface area (Å²) >= 11 is 0. The molecule has 30 heavy (non-hydrogen) atoms. The summed E-state index contributed by atoms with van der Waals surface area (Å²) in [6.45, 7) is 1.82. The third kappa shape index (κ3) is 5.59. The van der Waals surface area contributed by atoms with Crippen molar-refractivity contribution in [3.8, 4) is 22.8 Å². The van der Waals surface area contributed by atoms with E-state index in [1.807, 2.05) is 43.1 Å². The van der Waals surface area contributed by atoms with E-state index in [4.69, 9.17) is 4.42 Å². The first kappa shape index (κ1) is 21.4. The molecule has 0 atom stereocenters. The molecule has 4 aromatic rings. The van der Waals surface area contributed by atoms with Gasteiger partial charge in [0.1, 0.15) is 23.0 Å². The number of pyridine rings is 1.